The Hall–Kier alpha value is -2.19. The number of piperidine rings is 1. The number of carbonyl (C=O) groups is 1. The number of sulfonamides is 1. The SMILES string of the molecule is NS(=O)(=O)C1CCCN(C(=O)c2cncn2-c2ccccc2)C1. The molecule has 8 heteroatoms. The van der Waals surface area contributed by atoms with Crippen LogP contribution in [-0.2, 0) is 10.0 Å². The van der Waals surface area contributed by atoms with E-state index in [2.05, 4.69) is 4.98 Å². The fourth-order valence-corrected chi connectivity index (χ4v) is 3.68. The molecule has 2 N–H and O–H groups in total. The number of imidazole rings is 1. The Bertz CT molecular complexity index is 801. The van der Waals surface area contributed by atoms with E-state index >= 15 is 0 Å². The van der Waals surface area contributed by atoms with Crippen molar-refractivity contribution in [2.75, 3.05) is 13.1 Å². The zero-order valence-electron chi connectivity index (χ0n) is 12.5. The standard InChI is InChI=1S/C15H18N4O3S/c16-23(21,22)13-7-4-8-18(10-13)15(20)14-9-17-11-19(14)12-5-2-1-3-6-12/h1-3,5-6,9,11,13H,4,7-8,10H2,(H2,16,21,22). The van der Waals surface area contributed by atoms with Gasteiger partial charge in [0, 0.05) is 18.8 Å². The van der Waals surface area contributed by atoms with Gasteiger partial charge in [0.05, 0.1) is 17.8 Å². The Morgan fingerprint density at radius 2 is 2.00 bits per heavy atom. The zero-order chi connectivity index (χ0) is 16.4. The molecule has 1 aliphatic rings. The number of amides is 1. The van der Waals surface area contributed by atoms with Crippen molar-refractivity contribution in [3.05, 3.63) is 48.5 Å². The number of carbonyl (C=O) groups excluding carboxylic acids is 1. The van der Waals surface area contributed by atoms with Crippen molar-refractivity contribution in [2.45, 2.75) is 18.1 Å². The van der Waals surface area contributed by atoms with Crippen LogP contribution in [0, 0.1) is 0 Å². The van der Waals surface area contributed by atoms with Crippen LogP contribution in [0.3, 0.4) is 0 Å². The molecule has 3 rings (SSSR count). The summed E-state index contributed by atoms with van der Waals surface area (Å²) in [5.41, 5.74) is 1.24. The van der Waals surface area contributed by atoms with Crippen LogP contribution in [0.25, 0.3) is 5.69 Å². The summed E-state index contributed by atoms with van der Waals surface area (Å²) in [6.45, 7) is 0.641. The van der Waals surface area contributed by atoms with E-state index in [0.29, 0.717) is 25.1 Å². The Morgan fingerprint density at radius 1 is 1.26 bits per heavy atom. The van der Waals surface area contributed by atoms with E-state index in [4.69, 9.17) is 5.14 Å². The molecule has 7 nitrogen and oxygen atoms in total. The van der Waals surface area contributed by atoms with E-state index in [9.17, 15) is 13.2 Å². The summed E-state index contributed by atoms with van der Waals surface area (Å²) in [4.78, 5) is 18.3. The Labute approximate surface area is 134 Å². The maximum absolute atomic E-state index is 12.8. The Balaban J connectivity index is 1.86. The molecule has 0 spiro atoms. The number of hydrogen-bond acceptors (Lipinski definition) is 4. The predicted molar refractivity (Wildman–Crippen MR) is 85.6 cm³/mol. The zero-order valence-corrected chi connectivity index (χ0v) is 13.3. The number of nitrogens with two attached hydrogens (primary N) is 1. The predicted octanol–water partition coefficient (Wildman–Crippen LogP) is 0.765. The highest BCUT2D eigenvalue weighted by molar-refractivity contribution is 7.89. The molecule has 0 bridgehead atoms. The molecule has 1 saturated heterocycles. The van der Waals surface area contributed by atoms with Crippen LogP contribution in [0.2, 0.25) is 0 Å². The van der Waals surface area contributed by atoms with Gasteiger partial charge >= 0.3 is 0 Å². The van der Waals surface area contributed by atoms with Crippen LogP contribution >= 0.6 is 0 Å². The van der Waals surface area contributed by atoms with Gasteiger partial charge in [-0.25, -0.2) is 18.5 Å². The minimum Gasteiger partial charge on any atom is -0.336 e. The molecular formula is C15H18N4O3S. The summed E-state index contributed by atoms with van der Waals surface area (Å²) >= 11 is 0. The highest BCUT2D eigenvalue weighted by atomic mass is 32.2. The van der Waals surface area contributed by atoms with Crippen LogP contribution < -0.4 is 5.14 Å². The first-order valence-corrected chi connectivity index (χ1v) is 8.96. The average Bonchev–Trinajstić information content (AvgIpc) is 3.04. The topological polar surface area (TPSA) is 98.3 Å². The van der Waals surface area contributed by atoms with Crippen molar-refractivity contribution < 1.29 is 13.2 Å². The Kier molecular flexibility index (Phi) is 4.18. The highest BCUT2D eigenvalue weighted by Gasteiger charge is 2.31. The van der Waals surface area contributed by atoms with Gasteiger partial charge < -0.3 is 4.90 Å². The largest absolute Gasteiger partial charge is 0.336 e. The molecule has 2 heterocycles. The van der Waals surface area contributed by atoms with E-state index in [1.165, 1.54) is 11.1 Å². The average molecular weight is 334 g/mol. The second kappa shape index (κ2) is 6.13. The van der Waals surface area contributed by atoms with Crippen LogP contribution in [0.15, 0.2) is 42.9 Å². The van der Waals surface area contributed by atoms with Crippen molar-refractivity contribution in [3.63, 3.8) is 0 Å². The molecule has 1 fully saturated rings. The molecule has 23 heavy (non-hydrogen) atoms. The molecule has 1 aromatic carbocycles. The van der Waals surface area contributed by atoms with Crippen molar-refractivity contribution in [1.29, 1.82) is 0 Å². The smallest absolute Gasteiger partial charge is 0.272 e. The lowest BCUT2D eigenvalue weighted by Gasteiger charge is -2.31. The molecule has 1 atom stereocenters. The number of benzene rings is 1. The summed E-state index contributed by atoms with van der Waals surface area (Å²) < 4.78 is 24.8. The molecule has 1 aromatic heterocycles. The minimum atomic E-state index is -3.64. The van der Waals surface area contributed by atoms with E-state index in [1.54, 1.807) is 10.9 Å². The second-order valence-electron chi connectivity index (χ2n) is 5.59. The lowest BCUT2D eigenvalue weighted by molar-refractivity contribution is 0.0719. The van der Waals surface area contributed by atoms with Crippen LogP contribution in [0.4, 0.5) is 0 Å². The summed E-state index contributed by atoms with van der Waals surface area (Å²) in [7, 11) is -3.64. The van der Waals surface area contributed by atoms with Crippen molar-refractivity contribution >= 4 is 15.9 Å². The number of aromatic nitrogens is 2. The lowest BCUT2D eigenvalue weighted by atomic mass is 10.1. The first kappa shape index (κ1) is 15.7. The minimum absolute atomic E-state index is 0.123. The summed E-state index contributed by atoms with van der Waals surface area (Å²) in [6, 6.07) is 9.40. The van der Waals surface area contributed by atoms with Gasteiger partial charge in [-0.1, -0.05) is 18.2 Å². The molecule has 2 aromatic rings. The third-order valence-corrected chi connectivity index (χ3v) is 5.34. The van der Waals surface area contributed by atoms with Gasteiger partial charge in [0.1, 0.15) is 5.69 Å². The number of hydrogen-bond donors (Lipinski definition) is 1. The molecule has 0 aliphatic carbocycles. The monoisotopic (exact) mass is 334 g/mol. The molecule has 1 aliphatic heterocycles. The molecule has 1 unspecified atom stereocenters. The first-order chi connectivity index (χ1) is 11.0. The molecular weight excluding hydrogens is 316 g/mol. The van der Waals surface area contributed by atoms with Crippen molar-refractivity contribution in [2.24, 2.45) is 5.14 Å². The summed E-state index contributed by atoms with van der Waals surface area (Å²) in [6.07, 6.45) is 4.17. The number of nitrogens with zero attached hydrogens (tertiary/aromatic N) is 3. The molecule has 0 saturated carbocycles. The maximum Gasteiger partial charge on any atom is 0.272 e. The fourth-order valence-electron chi connectivity index (χ4n) is 2.80. The van der Waals surface area contributed by atoms with Crippen LogP contribution in [-0.4, -0.2) is 47.1 Å². The number of para-hydroxylation sites is 1. The van der Waals surface area contributed by atoms with E-state index in [1.807, 2.05) is 30.3 Å². The molecule has 122 valence electrons. The van der Waals surface area contributed by atoms with E-state index < -0.39 is 15.3 Å². The molecule has 0 radical (unpaired) electrons. The van der Waals surface area contributed by atoms with Gasteiger partial charge in [0.15, 0.2) is 0 Å². The quantitative estimate of drug-likeness (QED) is 0.896. The van der Waals surface area contributed by atoms with E-state index in [-0.39, 0.29) is 12.5 Å². The summed E-state index contributed by atoms with van der Waals surface area (Å²) in [5, 5.41) is 4.53. The third kappa shape index (κ3) is 3.27. The maximum atomic E-state index is 12.8. The fraction of sp³-hybridized carbons (Fsp3) is 0.333. The van der Waals surface area contributed by atoms with Gasteiger partial charge in [-0.05, 0) is 25.0 Å². The van der Waals surface area contributed by atoms with Gasteiger partial charge in [0.25, 0.3) is 5.91 Å². The normalized spacial score (nSPS) is 18.8. The first-order valence-electron chi connectivity index (χ1n) is 7.35. The number of likely N-dealkylation sites (tertiary alicyclic amines) is 1. The third-order valence-electron chi connectivity index (χ3n) is 4.02. The summed E-state index contributed by atoms with van der Waals surface area (Å²) in [5.74, 6) is -0.236. The lowest BCUT2D eigenvalue weighted by Crippen LogP contribution is -2.47. The number of rotatable bonds is 3. The number of primary sulfonamides is 1. The van der Waals surface area contributed by atoms with Gasteiger partial charge in [-0.15, -0.1) is 0 Å². The molecule has 1 amide bonds. The van der Waals surface area contributed by atoms with Crippen molar-refractivity contribution in [3.8, 4) is 5.69 Å². The van der Waals surface area contributed by atoms with Gasteiger partial charge in [-0.2, -0.15) is 0 Å². The Morgan fingerprint density at radius 3 is 2.70 bits per heavy atom. The van der Waals surface area contributed by atoms with Crippen molar-refractivity contribution in [1.82, 2.24) is 14.5 Å². The van der Waals surface area contributed by atoms with Crippen LogP contribution in [0.1, 0.15) is 23.3 Å². The van der Waals surface area contributed by atoms with Crippen LogP contribution in [0.5, 0.6) is 0 Å². The van der Waals surface area contributed by atoms with Gasteiger partial charge in [0.2, 0.25) is 10.0 Å². The van der Waals surface area contributed by atoms with Gasteiger partial charge in [-0.3, -0.25) is 9.36 Å². The second-order valence-corrected chi connectivity index (χ2v) is 7.43. The highest BCUT2D eigenvalue weighted by Crippen LogP contribution is 2.19. The van der Waals surface area contributed by atoms with E-state index in [0.717, 1.165) is 5.69 Å².